The van der Waals surface area contributed by atoms with Crippen LogP contribution in [0.3, 0.4) is 0 Å². The molecule has 1 aliphatic heterocycles. The van der Waals surface area contributed by atoms with Gasteiger partial charge < -0.3 is 10.6 Å². The predicted molar refractivity (Wildman–Crippen MR) is 94.0 cm³/mol. The van der Waals surface area contributed by atoms with Crippen LogP contribution in [0.1, 0.15) is 33.6 Å². The molecule has 130 valence electrons. The van der Waals surface area contributed by atoms with E-state index in [2.05, 4.69) is 24.5 Å². The summed E-state index contributed by atoms with van der Waals surface area (Å²) >= 11 is 6.12. The zero-order valence-electron chi connectivity index (χ0n) is 14.1. The van der Waals surface area contributed by atoms with E-state index in [1.54, 1.807) is 18.2 Å². The van der Waals surface area contributed by atoms with Crippen molar-refractivity contribution < 1.29 is 14.4 Å². The van der Waals surface area contributed by atoms with Gasteiger partial charge in [0.15, 0.2) is 0 Å². The molecule has 7 heteroatoms. The molecule has 1 aromatic carbocycles. The predicted octanol–water partition coefficient (Wildman–Crippen LogP) is 2.88. The first-order chi connectivity index (χ1) is 11.3. The number of amides is 3. The highest BCUT2D eigenvalue weighted by molar-refractivity contribution is 6.34. The fourth-order valence-corrected chi connectivity index (χ4v) is 2.74. The van der Waals surface area contributed by atoms with E-state index in [0.29, 0.717) is 28.9 Å². The third-order valence-corrected chi connectivity index (χ3v) is 4.11. The van der Waals surface area contributed by atoms with Crippen molar-refractivity contribution in [1.82, 2.24) is 4.90 Å². The fourth-order valence-electron chi connectivity index (χ4n) is 2.52. The maximum atomic E-state index is 12.4. The number of nitrogens with zero attached hydrogens (tertiary/aromatic N) is 1. The highest BCUT2D eigenvalue weighted by Gasteiger charge is 2.38. The highest BCUT2D eigenvalue weighted by atomic mass is 35.5. The van der Waals surface area contributed by atoms with Crippen LogP contribution < -0.4 is 10.6 Å². The number of hydrogen-bond donors (Lipinski definition) is 2. The highest BCUT2D eigenvalue weighted by Crippen LogP contribution is 2.27. The Kier molecular flexibility index (Phi) is 5.83. The zero-order chi connectivity index (χ0) is 17.9. The number of nitrogens with one attached hydrogen (secondary N) is 2. The molecule has 6 nitrogen and oxygen atoms in total. The Labute approximate surface area is 146 Å². The average molecular weight is 352 g/mol. The minimum absolute atomic E-state index is 0.141. The van der Waals surface area contributed by atoms with Crippen molar-refractivity contribution in [3.05, 3.63) is 23.2 Å². The van der Waals surface area contributed by atoms with Crippen LogP contribution in [0.25, 0.3) is 0 Å². The Morgan fingerprint density at radius 3 is 2.67 bits per heavy atom. The van der Waals surface area contributed by atoms with Gasteiger partial charge in [-0.1, -0.05) is 25.4 Å². The summed E-state index contributed by atoms with van der Waals surface area (Å²) in [6.45, 7) is 5.96. The second-order valence-electron chi connectivity index (χ2n) is 6.34. The van der Waals surface area contributed by atoms with Gasteiger partial charge in [-0.15, -0.1) is 0 Å². The van der Waals surface area contributed by atoms with Crippen molar-refractivity contribution in [2.75, 3.05) is 17.2 Å². The molecular formula is C17H22ClN3O3. The van der Waals surface area contributed by atoms with Gasteiger partial charge in [0.2, 0.25) is 11.8 Å². The Morgan fingerprint density at radius 2 is 2.08 bits per heavy atom. The van der Waals surface area contributed by atoms with Gasteiger partial charge in [-0.25, -0.2) is 0 Å². The SMILES string of the molecule is CC(=O)Nc1ccc(N[C@@H]2CC(=O)N(CCC(C)C)C2=O)cc1Cl. The molecule has 24 heavy (non-hydrogen) atoms. The topological polar surface area (TPSA) is 78.5 Å². The van der Waals surface area contributed by atoms with Gasteiger partial charge in [0.05, 0.1) is 17.1 Å². The number of likely N-dealkylation sites (tertiary alicyclic amines) is 1. The van der Waals surface area contributed by atoms with Crippen LogP contribution in [0.4, 0.5) is 11.4 Å². The number of imide groups is 1. The van der Waals surface area contributed by atoms with Gasteiger partial charge in [0.1, 0.15) is 6.04 Å². The van der Waals surface area contributed by atoms with E-state index in [-0.39, 0.29) is 24.1 Å². The molecule has 1 aromatic rings. The first-order valence-corrected chi connectivity index (χ1v) is 8.33. The third-order valence-electron chi connectivity index (χ3n) is 3.79. The Bertz CT molecular complexity index is 660. The molecule has 2 rings (SSSR count). The summed E-state index contributed by atoms with van der Waals surface area (Å²) in [6, 6.07) is 4.42. The molecule has 0 saturated carbocycles. The molecule has 1 saturated heterocycles. The van der Waals surface area contributed by atoms with Gasteiger partial charge in [-0.2, -0.15) is 0 Å². The van der Waals surface area contributed by atoms with Crippen LogP contribution in [0.2, 0.25) is 5.02 Å². The van der Waals surface area contributed by atoms with E-state index in [4.69, 9.17) is 11.6 Å². The fraction of sp³-hybridized carbons (Fsp3) is 0.471. The van der Waals surface area contributed by atoms with Gasteiger partial charge in [-0.3, -0.25) is 19.3 Å². The van der Waals surface area contributed by atoms with E-state index < -0.39 is 6.04 Å². The second kappa shape index (κ2) is 7.66. The molecule has 0 bridgehead atoms. The standard InChI is InChI=1S/C17H22ClN3O3/c1-10(2)6-7-21-16(23)9-15(17(21)24)20-12-4-5-14(13(18)8-12)19-11(3)22/h4-5,8,10,15,20H,6-7,9H2,1-3H3,(H,19,22)/t15-/m1/s1. The molecule has 0 aliphatic carbocycles. The van der Waals surface area contributed by atoms with Crippen LogP contribution in [0.15, 0.2) is 18.2 Å². The smallest absolute Gasteiger partial charge is 0.252 e. The second-order valence-corrected chi connectivity index (χ2v) is 6.75. The normalized spacial score (nSPS) is 17.5. The van der Waals surface area contributed by atoms with E-state index in [0.717, 1.165) is 6.42 Å². The van der Waals surface area contributed by atoms with Gasteiger partial charge in [0.25, 0.3) is 5.91 Å². The van der Waals surface area contributed by atoms with E-state index in [1.807, 2.05) is 0 Å². The largest absolute Gasteiger partial charge is 0.373 e. The number of anilines is 2. The zero-order valence-corrected chi connectivity index (χ0v) is 14.8. The quantitative estimate of drug-likeness (QED) is 0.772. The maximum Gasteiger partial charge on any atom is 0.252 e. The van der Waals surface area contributed by atoms with Gasteiger partial charge in [-0.05, 0) is 30.5 Å². The third kappa shape index (κ3) is 4.47. The lowest BCUT2D eigenvalue weighted by atomic mass is 10.1. The summed E-state index contributed by atoms with van der Waals surface area (Å²) in [6.07, 6.45) is 0.934. The summed E-state index contributed by atoms with van der Waals surface area (Å²) < 4.78 is 0. The summed E-state index contributed by atoms with van der Waals surface area (Å²) in [5.74, 6) is -0.144. The molecule has 2 N–H and O–H groups in total. The summed E-state index contributed by atoms with van der Waals surface area (Å²) in [5, 5.41) is 6.03. The van der Waals surface area contributed by atoms with Crippen molar-refractivity contribution in [1.29, 1.82) is 0 Å². The Balaban J connectivity index is 2.03. The first-order valence-electron chi connectivity index (χ1n) is 7.95. The van der Waals surface area contributed by atoms with Crippen LogP contribution in [-0.2, 0) is 14.4 Å². The first kappa shape index (κ1) is 18.3. The number of carbonyl (C=O) groups excluding carboxylic acids is 3. The molecule has 1 fully saturated rings. The van der Waals surface area contributed by atoms with Crippen LogP contribution in [-0.4, -0.2) is 35.2 Å². The van der Waals surface area contributed by atoms with Gasteiger partial charge >= 0.3 is 0 Å². The molecule has 1 atom stereocenters. The van der Waals surface area contributed by atoms with Crippen LogP contribution in [0.5, 0.6) is 0 Å². The number of rotatable bonds is 6. The molecule has 0 spiro atoms. The lowest BCUT2D eigenvalue weighted by molar-refractivity contribution is -0.138. The average Bonchev–Trinajstić information content (AvgIpc) is 2.74. The summed E-state index contributed by atoms with van der Waals surface area (Å²) in [5.41, 5.74) is 1.13. The molecule has 1 aliphatic rings. The summed E-state index contributed by atoms with van der Waals surface area (Å²) in [7, 11) is 0. The molecule has 1 heterocycles. The van der Waals surface area contributed by atoms with Gasteiger partial charge in [0, 0.05) is 19.2 Å². The van der Waals surface area contributed by atoms with E-state index in [9.17, 15) is 14.4 Å². The number of hydrogen-bond acceptors (Lipinski definition) is 4. The summed E-state index contributed by atoms with van der Waals surface area (Å²) in [4.78, 5) is 36.8. The number of benzene rings is 1. The molecule has 0 unspecified atom stereocenters. The number of halogens is 1. The van der Waals surface area contributed by atoms with Crippen LogP contribution >= 0.6 is 11.6 Å². The molecule has 0 radical (unpaired) electrons. The Hall–Kier alpha value is -2.08. The van der Waals surface area contributed by atoms with Crippen molar-refractivity contribution in [3.8, 4) is 0 Å². The molecule has 0 aromatic heterocycles. The molecular weight excluding hydrogens is 330 g/mol. The van der Waals surface area contributed by atoms with Crippen LogP contribution in [0, 0.1) is 5.92 Å². The number of carbonyl (C=O) groups is 3. The lowest BCUT2D eigenvalue weighted by Crippen LogP contribution is -2.35. The molecule has 3 amide bonds. The minimum Gasteiger partial charge on any atom is -0.373 e. The van der Waals surface area contributed by atoms with Crippen molar-refractivity contribution in [3.63, 3.8) is 0 Å². The monoisotopic (exact) mass is 351 g/mol. The van der Waals surface area contributed by atoms with Crippen molar-refractivity contribution in [2.24, 2.45) is 5.92 Å². The van der Waals surface area contributed by atoms with Crippen molar-refractivity contribution in [2.45, 2.75) is 39.7 Å². The lowest BCUT2D eigenvalue weighted by Gasteiger charge is -2.17. The maximum absolute atomic E-state index is 12.4. The van der Waals surface area contributed by atoms with E-state index >= 15 is 0 Å². The Morgan fingerprint density at radius 1 is 1.38 bits per heavy atom. The van der Waals surface area contributed by atoms with E-state index in [1.165, 1.54) is 11.8 Å². The van der Waals surface area contributed by atoms with Crippen molar-refractivity contribution >= 4 is 40.7 Å². The minimum atomic E-state index is -0.577.